The number of aromatic nitrogens is 3. The molecule has 3 N–H and O–H groups in total. The molecule has 0 saturated heterocycles. The van der Waals surface area contributed by atoms with Gasteiger partial charge in [0.2, 0.25) is 10.0 Å². The van der Waals surface area contributed by atoms with Gasteiger partial charge in [0.05, 0.1) is 42.4 Å². The van der Waals surface area contributed by atoms with Gasteiger partial charge in [-0.05, 0) is 49.1 Å². The number of benzene rings is 3. The van der Waals surface area contributed by atoms with Crippen LogP contribution in [-0.4, -0.2) is 65.8 Å². The van der Waals surface area contributed by atoms with E-state index < -0.39 is 34.0 Å². The van der Waals surface area contributed by atoms with Gasteiger partial charge in [0, 0.05) is 30.3 Å². The van der Waals surface area contributed by atoms with Crippen LogP contribution in [0.25, 0.3) is 0 Å². The Hall–Kier alpha value is -4.55. The Morgan fingerprint density at radius 3 is 2.13 bits per heavy atom. The van der Waals surface area contributed by atoms with Crippen molar-refractivity contribution in [1.82, 2.24) is 25.6 Å². The number of hydrogen-bond donors (Lipinski definition) is 3. The molecule has 2 amide bonds. The molecule has 0 aliphatic heterocycles. The Bertz CT molecular complexity index is 1750. The summed E-state index contributed by atoms with van der Waals surface area (Å²) in [6, 6.07) is 22.0. The average molecular weight is 661 g/mol. The molecule has 1 unspecified atom stereocenters. The van der Waals surface area contributed by atoms with Crippen molar-refractivity contribution in [3.63, 3.8) is 0 Å². The average Bonchev–Trinajstić information content (AvgIpc) is 3.53. The molecule has 4 rings (SSSR count). The van der Waals surface area contributed by atoms with Crippen molar-refractivity contribution in [2.24, 2.45) is 0 Å². The number of nitrogens with one attached hydrogen (secondary N) is 2. The summed E-state index contributed by atoms with van der Waals surface area (Å²) in [6.45, 7) is 6.12. The quantitative estimate of drug-likeness (QED) is 0.171. The number of nitrogens with zero attached hydrogens (tertiary/aromatic N) is 4. The van der Waals surface area contributed by atoms with Gasteiger partial charge in [-0.1, -0.05) is 86.1 Å². The summed E-state index contributed by atoms with van der Waals surface area (Å²) in [7, 11) is -2.35. The first-order chi connectivity index (χ1) is 22.3. The van der Waals surface area contributed by atoms with Crippen LogP contribution in [0.4, 0.5) is 5.69 Å². The predicted molar refractivity (Wildman–Crippen MR) is 183 cm³/mol. The lowest BCUT2D eigenvalue weighted by Crippen LogP contribution is -2.46. The van der Waals surface area contributed by atoms with Gasteiger partial charge in [-0.3, -0.25) is 13.9 Å². The standard InChI is InChI=1S/C35H44N6O5S/c1-6-13-24(2)32-22-41(39-38-32)23-33(42)31(18-26-14-9-7-10-15-26)37-35(44)29-19-28(20-30(21-29)40(4)47(5,45)46)34(43)36-25(3)27-16-11-8-12-17-27/h7-12,14-17,19-22,24-25,31,33,42H,6,13,18,23H2,1-5H3,(H,36,43)(H,37,44)/t24?,25-,31+,33+/m1/s1. The van der Waals surface area contributed by atoms with Crippen molar-refractivity contribution < 1.29 is 23.1 Å². The minimum atomic E-state index is -3.71. The van der Waals surface area contributed by atoms with E-state index in [2.05, 4.69) is 34.8 Å². The van der Waals surface area contributed by atoms with E-state index in [4.69, 9.17) is 0 Å². The van der Waals surface area contributed by atoms with E-state index in [1.54, 1.807) is 4.68 Å². The molecule has 0 fully saturated rings. The summed E-state index contributed by atoms with van der Waals surface area (Å²) in [5, 5.41) is 25.8. The van der Waals surface area contributed by atoms with Gasteiger partial charge in [0.25, 0.3) is 11.8 Å². The van der Waals surface area contributed by atoms with Gasteiger partial charge in [0.15, 0.2) is 0 Å². The fourth-order valence-corrected chi connectivity index (χ4v) is 5.77. The van der Waals surface area contributed by atoms with Crippen LogP contribution in [0.15, 0.2) is 85.1 Å². The largest absolute Gasteiger partial charge is 0.389 e. The van der Waals surface area contributed by atoms with Crippen molar-refractivity contribution in [3.8, 4) is 0 Å². The summed E-state index contributed by atoms with van der Waals surface area (Å²) >= 11 is 0. The third-order valence-electron chi connectivity index (χ3n) is 8.19. The lowest BCUT2D eigenvalue weighted by molar-refractivity contribution is 0.0779. The minimum absolute atomic E-state index is 0.0669. The summed E-state index contributed by atoms with van der Waals surface area (Å²) in [4.78, 5) is 27.3. The molecule has 0 spiro atoms. The second kappa shape index (κ2) is 15.8. The van der Waals surface area contributed by atoms with Crippen molar-refractivity contribution >= 4 is 27.5 Å². The zero-order valence-corrected chi connectivity index (χ0v) is 28.3. The highest BCUT2D eigenvalue weighted by molar-refractivity contribution is 7.92. The highest BCUT2D eigenvalue weighted by Crippen LogP contribution is 2.23. The summed E-state index contributed by atoms with van der Waals surface area (Å²) in [6.07, 6.45) is 4.10. The first-order valence-electron chi connectivity index (χ1n) is 15.7. The molecule has 0 aliphatic rings. The fraction of sp³-hybridized carbons (Fsp3) is 0.371. The molecule has 250 valence electrons. The van der Waals surface area contributed by atoms with Crippen LogP contribution in [0.5, 0.6) is 0 Å². The van der Waals surface area contributed by atoms with Crippen LogP contribution < -0.4 is 14.9 Å². The van der Waals surface area contributed by atoms with Crippen molar-refractivity contribution in [1.29, 1.82) is 0 Å². The van der Waals surface area contributed by atoms with E-state index in [-0.39, 0.29) is 35.3 Å². The number of anilines is 1. The highest BCUT2D eigenvalue weighted by Gasteiger charge is 2.26. The SMILES string of the molecule is CCCC(C)c1cn(C[C@H](O)[C@H](Cc2ccccc2)NC(=O)c2cc(C(=O)N[C@H](C)c3ccccc3)cc(N(C)S(C)(=O)=O)c2)nn1. The monoisotopic (exact) mass is 660 g/mol. The Labute approximate surface area is 277 Å². The molecule has 3 aromatic carbocycles. The Kier molecular flexibility index (Phi) is 11.9. The second-order valence-electron chi connectivity index (χ2n) is 12.0. The number of aliphatic hydroxyl groups excluding tert-OH is 1. The van der Waals surface area contributed by atoms with Crippen molar-refractivity contribution in [2.75, 3.05) is 17.6 Å². The van der Waals surface area contributed by atoms with Crippen LogP contribution >= 0.6 is 0 Å². The molecule has 0 bridgehead atoms. The molecule has 4 atom stereocenters. The maximum Gasteiger partial charge on any atom is 0.251 e. The minimum Gasteiger partial charge on any atom is -0.389 e. The smallest absolute Gasteiger partial charge is 0.251 e. The predicted octanol–water partition coefficient (Wildman–Crippen LogP) is 4.47. The van der Waals surface area contributed by atoms with Crippen LogP contribution in [0, 0.1) is 0 Å². The number of hydrogen-bond acceptors (Lipinski definition) is 7. The molecule has 47 heavy (non-hydrogen) atoms. The molecule has 0 radical (unpaired) electrons. The fourth-order valence-electron chi connectivity index (χ4n) is 5.28. The molecule has 1 heterocycles. The summed E-state index contributed by atoms with van der Waals surface area (Å²) < 4.78 is 27.5. The second-order valence-corrected chi connectivity index (χ2v) is 14.0. The van der Waals surface area contributed by atoms with Crippen LogP contribution in [0.3, 0.4) is 0 Å². The number of aliphatic hydroxyl groups is 1. The molecular formula is C35H44N6O5S. The first kappa shape index (κ1) is 35.3. The molecule has 0 aliphatic carbocycles. The lowest BCUT2D eigenvalue weighted by atomic mass is 10.00. The van der Waals surface area contributed by atoms with Gasteiger partial charge in [-0.15, -0.1) is 5.10 Å². The molecule has 11 nitrogen and oxygen atoms in total. The number of carbonyl (C=O) groups is 2. The number of sulfonamides is 1. The molecular weight excluding hydrogens is 616 g/mol. The van der Waals surface area contributed by atoms with Crippen molar-refractivity contribution in [2.45, 2.75) is 70.7 Å². The maximum atomic E-state index is 13.9. The van der Waals surface area contributed by atoms with Gasteiger partial charge in [-0.2, -0.15) is 0 Å². The molecule has 1 aromatic heterocycles. The van der Waals surface area contributed by atoms with Gasteiger partial charge in [0.1, 0.15) is 0 Å². The topological polar surface area (TPSA) is 147 Å². The molecule has 12 heteroatoms. The Morgan fingerprint density at radius 1 is 0.936 bits per heavy atom. The maximum absolute atomic E-state index is 13.9. The van der Waals surface area contributed by atoms with E-state index >= 15 is 0 Å². The number of rotatable bonds is 15. The Balaban J connectivity index is 1.62. The zero-order chi connectivity index (χ0) is 34.1. The van der Waals surface area contributed by atoms with E-state index in [0.717, 1.165) is 40.2 Å². The van der Waals surface area contributed by atoms with Crippen LogP contribution in [-0.2, 0) is 23.0 Å². The normalized spacial score (nSPS) is 14.1. The summed E-state index contributed by atoms with van der Waals surface area (Å²) in [5.41, 5.74) is 2.95. The van der Waals surface area contributed by atoms with Crippen molar-refractivity contribution in [3.05, 3.63) is 113 Å². The lowest BCUT2D eigenvalue weighted by Gasteiger charge is -2.25. The third-order valence-corrected chi connectivity index (χ3v) is 9.39. The zero-order valence-electron chi connectivity index (χ0n) is 27.5. The Morgan fingerprint density at radius 2 is 1.53 bits per heavy atom. The molecule has 4 aromatic rings. The van der Waals surface area contributed by atoms with Gasteiger partial charge in [-0.25, -0.2) is 13.1 Å². The van der Waals surface area contributed by atoms with E-state index in [0.29, 0.717) is 6.42 Å². The highest BCUT2D eigenvalue weighted by atomic mass is 32.2. The van der Waals surface area contributed by atoms with E-state index in [1.807, 2.05) is 73.8 Å². The number of amides is 2. The van der Waals surface area contributed by atoms with Gasteiger partial charge >= 0.3 is 0 Å². The third kappa shape index (κ3) is 9.72. The molecule has 0 saturated carbocycles. The van der Waals surface area contributed by atoms with Crippen LogP contribution in [0.1, 0.15) is 83.1 Å². The van der Waals surface area contributed by atoms with Crippen LogP contribution in [0.2, 0.25) is 0 Å². The first-order valence-corrected chi connectivity index (χ1v) is 17.6. The summed E-state index contributed by atoms with van der Waals surface area (Å²) in [5.74, 6) is -0.820. The number of carbonyl (C=O) groups excluding carboxylic acids is 2. The van der Waals surface area contributed by atoms with Gasteiger partial charge < -0.3 is 15.7 Å². The van der Waals surface area contributed by atoms with E-state index in [1.165, 1.54) is 25.2 Å². The van der Waals surface area contributed by atoms with E-state index in [9.17, 15) is 23.1 Å².